The normalized spacial score (nSPS) is 29.9. The first kappa shape index (κ1) is 12.6. The zero-order chi connectivity index (χ0) is 11.5. The highest BCUT2D eigenvalue weighted by molar-refractivity contribution is 7.98. The zero-order valence-electron chi connectivity index (χ0n) is 9.80. The number of carbonyl (C=O) groups excluding carboxylic acids is 1. The van der Waals surface area contributed by atoms with Gasteiger partial charge in [0.15, 0.2) is 5.78 Å². The predicted octanol–water partition coefficient (Wildman–Crippen LogP) is 3.03. The van der Waals surface area contributed by atoms with E-state index in [4.69, 9.17) is 0 Å². The van der Waals surface area contributed by atoms with E-state index < -0.39 is 5.41 Å². The molecule has 84 valence electrons. The van der Waals surface area contributed by atoms with Crippen LogP contribution < -0.4 is 0 Å². The molecule has 0 radical (unpaired) electrons. The zero-order valence-corrected chi connectivity index (χ0v) is 10.6. The van der Waals surface area contributed by atoms with Gasteiger partial charge in [0, 0.05) is 5.41 Å². The highest BCUT2D eigenvalue weighted by atomic mass is 32.2. The summed E-state index contributed by atoms with van der Waals surface area (Å²) in [7, 11) is 0. The number of hydrogen-bond donors (Lipinski definition) is 0. The lowest BCUT2D eigenvalue weighted by Crippen LogP contribution is -2.44. The molecule has 0 aromatic carbocycles. The standard InChI is InChI=1S/C12H19NOS/c1-11(2)5-4-6-12(9-13,10(11)14)7-8-15-3/h4-8H2,1-3H3. The lowest BCUT2D eigenvalue weighted by Gasteiger charge is -2.38. The second-order valence-electron chi connectivity index (χ2n) is 5.00. The molecule has 0 heterocycles. The van der Waals surface area contributed by atoms with Crippen LogP contribution in [-0.2, 0) is 4.79 Å². The van der Waals surface area contributed by atoms with Crippen LogP contribution in [0.15, 0.2) is 0 Å². The van der Waals surface area contributed by atoms with E-state index in [9.17, 15) is 10.1 Å². The minimum Gasteiger partial charge on any atom is -0.297 e. The first-order chi connectivity index (χ1) is 6.98. The molecule has 0 amide bonds. The molecule has 1 fully saturated rings. The van der Waals surface area contributed by atoms with Gasteiger partial charge in [0.05, 0.1) is 6.07 Å². The summed E-state index contributed by atoms with van der Waals surface area (Å²) >= 11 is 1.71. The molecule has 1 saturated carbocycles. The average molecular weight is 225 g/mol. The Hall–Kier alpha value is -0.490. The third-order valence-corrected chi connectivity index (χ3v) is 4.01. The maximum atomic E-state index is 12.3. The number of carbonyl (C=O) groups is 1. The molecule has 15 heavy (non-hydrogen) atoms. The molecule has 0 aliphatic heterocycles. The van der Waals surface area contributed by atoms with Gasteiger partial charge in [-0.25, -0.2) is 0 Å². The molecule has 1 aliphatic rings. The smallest absolute Gasteiger partial charge is 0.158 e. The molecule has 3 heteroatoms. The molecule has 2 nitrogen and oxygen atoms in total. The Morgan fingerprint density at radius 1 is 1.47 bits per heavy atom. The molecule has 1 atom stereocenters. The molecule has 0 N–H and O–H groups in total. The maximum absolute atomic E-state index is 12.3. The third-order valence-electron chi connectivity index (χ3n) is 3.40. The Bertz CT molecular complexity index is 292. The van der Waals surface area contributed by atoms with E-state index in [1.807, 2.05) is 20.1 Å². The molecule has 0 saturated heterocycles. The van der Waals surface area contributed by atoms with Crippen LogP contribution in [-0.4, -0.2) is 17.8 Å². The average Bonchev–Trinajstić information content (AvgIpc) is 2.21. The quantitative estimate of drug-likeness (QED) is 0.741. The monoisotopic (exact) mass is 225 g/mol. The molecule has 0 aromatic rings. The highest BCUT2D eigenvalue weighted by Crippen LogP contribution is 2.44. The van der Waals surface area contributed by atoms with E-state index in [0.29, 0.717) is 6.42 Å². The lowest BCUT2D eigenvalue weighted by molar-refractivity contribution is -0.138. The van der Waals surface area contributed by atoms with Crippen LogP contribution in [0.3, 0.4) is 0 Å². The Labute approximate surface area is 96.4 Å². The number of nitrogens with zero attached hydrogens (tertiary/aromatic N) is 1. The molecule has 0 spiro atoms. The molecule has 1 rings (SSSR count). The summed E-state index contributed by atoms with van der Waals surface area (Å²) in [6.45, 7) is 3.94. The van der Waals surface area contributed by atoms with E-state index in [1.54, 1.807) is 11.8 Å². The summed E-state index contributed by atoms with van der Waals surface area (Å²) in [6.07, 6.45) is 5.41. The van der Waals surface area contributed by atoms with Crippen LogP contribution in [0.1, 0.15) is 39.5 Å². The van der Waals surface area contributed by atoms with Gasteiger partial charge in [-0.15, -0.1) is 0 Å². The van der Waals surface area contributed by atoms with E-state index >= 15 is 0 Å². The fourth-order valence-corrected chi connectivity index (χ4v) is 2.94. The number of Topliss-reactive ketones (excluding diaryl/α,β-unsaturated/α-hetero) is 1. The van der Waals surface area contributed by atoms with Gasteiger partial charge in [-0.2, -0.15) is 17.0 Å². The van der Waals surface area contributed by atoms with Crippen molar-refractivity contribution < 1.29 is 4.79 Å². The molecule has 0 aromatic heterocycles. The topological polar surface area (TPSA) is 40.9 Å². The second-order valence-corrected chi connectivity index (χ2v) is 5.99. The van der Waals surface area contributed by atoms with E-state index in [-0.39, 0.29) is 11.2 Å². The summed E-state index contributed by atoms with van der Waals surface area (Å²) in [4.78, 5) is 12.3. The van der Waals surface area contributed by atoms with Gasteiger partial charge in [0.1, 0.15) is 5.41 Å². The summed E-state index contributed by atoms with van der Waals surface area (Å²) in [5, 5.41) is 9.29. The Morgan fingerprint density at radius 3 is 2.67 bits per heavy atom. The highest BCUT2D eigenvalue weighted by Gasteiger charge is 2.48. The van der Waals surface area contributed by atoms with E-state index in [2.05, 4.69) is 6.07 Å². The minimum atomic E-state index is -0.690. The summed E-state index contributed by atoms with van der Waals surface area (Å²) in [6, 6.07) is 2.29. The van der Waals surface area contributed by atoms with Crippen LogP contribution in [0.25, 0.3) is 0 Å². The van der Waals surface area contributed by atoms with Crippen LogP contribution in [0.4, 0.5) is 0 Å². The number of rotatable bonds is 3. The SMILES string of the molecule is CSCCC1(C#N)CCCC(C)(C)C1=O. The number of ketones is 1. The van der Waals surface area contributed by atoms with Gasteiger partial charge >= 0.3 is 0 Å². The van der Waals surface area contributed by atoms with Gasteiger partial charge in [0.25, 0.3) is 0 Å². The van der Waals surface area contributed by atoms with Crippen molar-refractivity contribution in [1.29, 1.82) is 5.26 Å². The first-order valence-corrected chi connectivity index (χ1v) is 6.83. The molecular formula is C12H19NOS. The fraction of sp³-hybridized carbons (Fsp3) is 0.833. The van der Waals surface area contributed by atoms with Gasteiger partial charge in [-0.05, 0) is 31.3 Å². The Kier molecular flexibility index (Phi) is 3.83. The van der Waals surface area contributed by atoms with Crippen molar-refractivity contribution in [3.8, 4) is 6.07 Å². The van der Waals surface area contributed by atoms with Gasteiger partial charge in [-0.1, -0.05) is 20.3 Å². The van der Waals surface area contributed by atoms with Crippen molar-refractivity contribution in [2.45, 2.75) is 39.5 Å². The predicted molar refractivity (Wildman–Crippen MR) is 63.7 cm³/mol. The van der Waals surface area contributed by atoms with Crippen molar-refractivity contribution in [3.63, 3.8) is 0 Å². The Balaban J connectivity index is 2.89. The van der Waals surface area contributed by atoms with E-state index in [1.165, 1.54) is 0 Å². The summed E-state index contributed by atoms with van der Waals surface area (Å²) < 4.78 is 0. The third kappa shape index (κ3) is 2.36. The second kappa shape index (κ2) is 4.57. The van der Waals surface area contributed by atoms with Gasteiger partial charge in [-0.3, -0.25) is 4.79 Å². The van der Waals surface area contributed by atoms with Crippen molar-refractivity contribution >= 4 is 17.5 Å². The molecule has 1 aliphatic carbocycles. The van der Waals surface area contributed by atoms with Gasteiger partial charge in [0.2, 0.25) is 0 Å². The first-order valence-electron chi connectivity index (χ1n) is 5.44. The molecule has 0 bridgehead atoms. The van der Waals surface area contributed by atoms with Crippen molar-refractivity contribution in [2.75, 3.05) is 12.0 Å². The van der Waals surface area contributed by atoms with Crippen molar-refractivity contribution in [1.82, 2.24) is 0 Å². The van der Waals surface area contributed by atoms with Crippen LogP contribution in [0, 0.1) is 22.2 Å². The lowest BCUT2D eigenvalue weighted by atomic mass is 9.62. The largest absolute Gasteiger partial charge is 0.297 e. The fourth-order valence-electron chi connectivity index (χ4n) is 2.38. The van der Waals surface area contributed by atoms with Crippen LogP contribution in [0.5, 0.6) is 0 Å². The minimum absolute atomic E-state index is 0.165. The van der Waals surface area contributed by atoms with Crippen LogP contribution >= 0.6 is 11.8 Å². The maximum Gasteiger partial charge on any atom is 0.158 e. The Morgan fingerprint density at radius 2 is 2.13 bits per heavy atom. The summed E-state index contributed by atoms with van der Waals surface area (Å²) in [5.41, 5.74) is -0.989. The molecular weight excluding hydrogens is 206 g/mol. The summed E-state index contributed by atoms with van der Waals surface area (Å²) in [5.74, 6) is 1.06. The number of hydrogen-bond acceptors (Lipinski definition) is 3. The van der Waals surface area contributed by atoms with E-state index in [0.717, 1.165) is 25.0 Å². The van der Waals surface area contributed by atoms with Crippen molar-refractivity contribution in [3.05, 3.63) is 0 Å². The van der Waals surface area contributed by atoms with Crippen LogP contribution in [0.2, 0.25) is 0 Å². The van der Waals surface area contributed by atoms with Gasteiger partial charge < -0.3 is 0 Å². The number of nitriles is 1. The number of thioether (sulfide) groups is 1. The molecule has 1 unspecified atom stereocenters. The van der Waals surface area contributed by atoms with Crippen molar-refractivity contribution in [2.24, 2.45) is 10.8 Å².